The van der Waals surface area contributed by atoms with Crippen molar-refractivity contribution in [3.05, 3.63) is 0 Å². The summed E-state index contributed by atoms with van der Waals surface area (Å²) in [5.41, 5.74) is 1.03. The molecule has 0 aromatic heterocycles. The largest absolute Gasteiger partial charge is 0.0493 e. The molecule has 0 heteroatoms. The van der Waals surface area contributed by atoms with Gasteiger partial charge in [0.1, 0.15) is 0 Å². The summed E-state index contributed by atoms with van der Waals surface area (Å²) in [5.74, 6) is 2.51. The number of hydrogen-bond acceptors (Lipinski definition) is 0. The van der Waals surface area contributed by atoms with E-state index in [1.807, 2.05) is 0 Å². The van der Waals surface area contributed by atoms with Crippen LogP contribution in [-0.4, -0.2) is 0 Å². The van der Waals surface area contributed by atoms with Gasteiger partial charge in [0.25, 0.3) is 0 Å². The van der Waals surface area contributed by atoms with E-state index in [1.165, 1.54) is 11.8 Å². The first-order valence-electron chi connectivity index (χ1n) is 3.43. The predicted octanol–water partition coefficient (Wildman–Crippen LogP) is 1.81. The van der Waals surface area contributed by atoms with Crippen molar-refractivity contribution in [3.8, 4) is 0 Å². The van der Waals surface area contributed by atoms with E-state index in [4.69, 9.17) is 0 Å². The van der Waals surface area contributed by atoms with Gasteiger partial charge in [0, 0.05) is 0 Å². The molecule has 0 aromatic rings. The second-order valence-electron chi connectivity index (χ2n) is 3.52. The Bertz CT molecular complexity index is 110. The summed E-state index contributed by atoms with van der Waals surface area (Å²) < 4.78 is 0. The number of rotatable bonds is 0. The van der Waals surface area contributed by atoms with Crippen LogP contribution in [0.2, 0.25) is 0 Å². The van der Waals surface area contributed by atoms with Crippen LogP contribution in [0.4, 0.5) is 0 Å². The van der Waals surface area contributed by atoms with Crippen molar-refractivity contribution in [1.29, 1.82) is 0 Å². The first-order valence-corrected chi connectivity index (χ1v) is 3.43. The minimum Gasteiger partial charge on any atom is -0.0493 e. The van der Waals surface area contributed by atoms with Gasteiger partial charge in [-0.2, -0.15) is 0 Å². The van der Waals surface area contributed by atoms with Crippen molar-refractivity contribution in [2.24, 2.45) is 17.3 Å². The van der Waals surface area contributed by atoms with Gasteiger partial charge in [0.2, 0.25) is 0 Å². The molecule has 0 bridgehead atoms. The molecule has 0 N–H and O–H groups in total. The van der Waals surface area contributed by atoms with Crippen molar-refractivity contribution in [1.82, 2.24) is 0 Å². The summed E-state index contributed by atoms with van der Waals surface area (Å²) in [6.45, 7) is 0. The second-order valence-corrected chi connectivity index (χ2v) is 3.52. The Hall–Kier alpha value is 0. The molecule has 0 aliphatic heterocycles. The Kier molecular flexibility index (Phi) is 0.260. The summed E-state index contributed by atoms with van der Waals surface area (Å²) in [6, 6.07) is 0. The van der Waals surface area contributed by atoms with Crippen LogP contribution >= 0.6 is 0 Å². The quantitative estimate of drug-likeness (QED) is 0.429. The molecule has 0 amide bonds. The van der Waals surface area contributed by atoms with Crippen molar-refractivity contribution in [2.45, 2.75) is 25.7 Å². The lowest BCUT2D eigenvalue weighted by Gasteiger charge is -2.04. The lowest BCUT2D eigenvalue weighted by molar-refractivity contribution is 0.468. The molecular formula is C7H10. The SMILES string of the molecule is C1C[C@H]2[C@@H]1C21CC1. The topological polar surface area (TPSA) is 0 Å². The van der Waals surface area contributed by atoms with Crippen LogP contribution in [0.3, 0.4) is 0 Å². The van der Waals surface area contributed by atoms with E-state index in [-0.39, 0.29) is 0 Å². The Morgan fingerprint density at radius 2 is 1.57 bits per heavy atom. The van der Waals surface area contributed by atoms with Crippen molar-refractivity contribution in [2.75, 3.05) is 0 Å². The first-order chi connectivity index (χ1) is 3.43. The molecule has 3 fully saturated rings. The third-order valence-electron chi connectivity index (χ3n) is 3.47. The van der Waals surface area contributed by atoms with Gasteiger partial charge in [-0.1, -0.05) is 0 Å². The molecule has 38 valence electrons. The normalized spacial score (nSPS) is 58.3. The highest BCUT2D eigenvalue weighted by Crippen LogP contribution is 2.83. The zero-order valence-electron chi connectivity index (χ0n) is 4.48. The average Bonchev–Trinajstić information content (AvgIpc) is 2.20. The molecule has 0 saturated heterocycles. The maximum atomic E-state index is 1.60. The fraction of sp³-hybridized carbons (Fsp3) is 1.00. The molecule has 0 heterocycles. The zero-order valence-corrected chi connectivity index (χ0v) is 4.48. The van der Waals surface area contributed by atoms with Crippen molar-refractivity contribution < 1.29 is 0 Å². The van der Waals surface area contributed by atoms with E-state index >= 15 is 0 Å². The molecule has 2 atom stereocenters. The van der Waals surface area contributed by atoms with Gasteiger partial charge in [-0.05, 0) is 42.9 Å². The smallest absolute Gasteiger partial charge is 0.0235 e. The van der Waals surface area contributed by atoms with Crippen molar-refractivity contribution in [3.63, 3.8) is 0 Å². The third-order valence-corrected chi connectivity index (χ3v) is 3.47. The Labute approximate surface area is 43.9 Å². The minimum absolute atomic E-state index is 1.03. The first kappa shape index (κ1) is 3.11. The van der Waals surface area contributed by atoms with Crippen LogP contribution in [0.5, 0.6) is 0 Å². The van der Waals surface area contributed by atoms with Gasteiger partial charge >= 0.3 is 0 Å². The summed E-state index contributed by atoms with van der Waals surface area (Å²) in [7, 11) is 0. The molecule has 1 spiro atoms. The molecule has 7 heavy (non-hydrogen) atoms. The van der Waals surface area contributed by atoms with E-state index in [0.717, 1.165) is 5.41 Å². The van der Waals surface area contributed by atoms with E-state index in [1.54, 1.807) is 25.7 Å². The maximum Gasteiger partial charge on any atom is -0.0235 e. The summed E-state index contributed by atoms with van der Waals surface area (Å²) >= 11 is 0. The number of fused-ring (bicyclic) bond motifs is 3. The fourth-order valence-corrected chi connectivity index (χ4v) is 2.63. The minimum atomic E-state index is 1.03. The zero-order chi connectivity index (χ0) is 4.48. The highest BCUT2D eigenvalue weighted by atomic mass is 14.8. The average molecular weight is 94.2 g/mol. The van der Waals surface area contributed by atoms with Gasteiger partial charge in [0.05, 0.1) is 0 Å². The predicted molar refractivity (Wildman–Crippen MR) is 27.9 cm³/mol. The lowest BCUT2D eigenvalue weighted by atomic mass is 10.0. The van der Waals surface area contributed by atoms with Gasteiger partial charge in [-0.3, -0.25) is 0 Å². The molecule has 0 radical (unpaired) electrons. The molecule has 3 saturated carbocycles. The Morgan fingerprint density at radius 1 is 1.00 bits per heavy atom. The molecule has 3 aliphatic rings. The Morgan fingerprint density at radius 3 is 1.71 bits per heavy atom. The monoisotopic (exact) mass is 94.1 g/mol. The molecule has 0 nitrogen and oxygen atoms in total. The van der Waals surface area contributed by atoms with Gasteiger partial charge in [0.15, 0.2) is 0 Å². The van der Waals surface area contributed by atoms with Gasteiger partial charge in [-0.25, -0.2) is 0 Å². The highest BCUT2D eigenvalue weighted by molar-refractivity contribution is 5.23. The fourth-order valence-electron chi connectivity index (χ4n) is 2.63. The van der Waals surface area contributed by atoms with Crippen molar-refractivity contribution >= 4 is 0 Å². The van der Waals surface area contributed by atoms with E-state index in [9.17, 15) is 0 Å². The van der Waals surface area contributed by atoms with E-state index < -0.39 is 0 Å². The molecular weight excluding hydrogens is 84.1 g/mol. The third kappa shape index (κ3) is 0.167. The number of hydrogen-bond donors (Lipinski definition) is 0. The van der Waals surface area contributed by atoms with Gasteiger partial charge < -0.3 is 0 Å². The molecule has 0 unspecified atom stereocenters. The summed E-state index contributed by atoms with van der Waals surface area (Å²) in [5, 5.41) is 0. The van der Waals surface area contributed by atoms with Crippen LogP contribution in [0.15, 0.2) is 0 Å². The van der Waals surface area contributed by atoms with Crippen LogP contribution in [-0.2, 0) is 0 Å². The van der Waals surface area contributed by atoms with E-state index in [2.05, 4.69) is 0 Å². The Balaban J connectivity index is 2.05. The molecule has 3 rings (SSSR count). The summed E-state index contributed by atoms with van der Waals surface area (Å²) in [4.78, 5) is 0. The molecule has 3 aliphatic carbocycles. The van der Waals surface area contributed by atoms with Crippen LogP contribution in [0.25, 0.3) is 0 Å². The maximum absolute atomic E-state index is 1.60. The highest BCUT2D eigenvalue weighted by Gasteiger charge is 2.74. The molecule has 0 aromatic carbocycles. The standard InChI is InChI=1S/C7H10/c1-2-6-5(1)7(6)3-4-7/h5-6H,1-4H2/t5-,6+. The second kappa shape index (κ2) is 0.586. The summed E-state index contributed by atoms with van der Waals surface area (Å²) in [6.07, 6.45) is 6.38. The van der Waals surface area contributed by atoms with E-state index in [0.29, 0.717) is 0 Å². The van der Waals surface area contributed by atoms with Gasteiger partial charge in [-0.15, -0.1) is 0 Å². The van der Waals surface area contributed by atoms with Crippen LogP contribution in [0, 0.1) is 17.3 Å². The lowest BCUT2D eigenvalue weighted by Crippen LogP contribution is -1.93. The van der Waals surface area contributed by atoms with Crippen LogP contribution < -0.4 is 0 Å². The van der Waals surface area contributed by atoms with Crippen LogP contribution in [0.1, 0.15) is 25.7 Å².